The van der Waals surface area contributed by atoms with Gasteiger partial charge in [0.05, 0.1) is 26.5 Å². The molecule has 0 bridgehead atoms. The molecule has 1 unspecified atom stereocenters. The minimum absolute atomic E-state index is 0.505. The molecule has 1 saturated carbocycles. The Bertz CT molecular complexity index is 923. The number of carbonyl (C=O) groups is 1. The number of benzene rings is 1. The second-order valence-corrected chi connectivity index (χ2v) is 12.9. The highest BCUT2D eigenvalue weighted by Gasteiger charge is 2.23. The molecule has 2 aromatic rings. The smallest absolute Gasteiger partial charge is 0.300 e. The summed E-state index contributed by atoms with van der Waals surface area (Å²) in [6.07, 6.45) is 16.6. The van der Waals surface area contributed by atoms with E-state index in [1.54, 1.807) is 0 Å². The average Bonchev–Trinajstić information content (AvgIpc) is 3.47. The fourth-order valence-corrected chi connectivity index (χ4v) is 8.21. The molecule has 1 saturated heterocycles. The number of unbranched alkanes of at least 4 members (excludes halogenated alkanes) is 1. The van der Waals surface area contributed by atoms with Gasteiger partial charge in [0, 0.05) is 29.0 Å². The van der Waals surface area contributed by atoms with Crippen molar-refractivity contribution in [2.24, 2.45) is 36.2 Å². The summed E-state index contributed by atoms with van der Waals surface area (Å²) in [5.74, 6) is 3.99. The number of aromatic nitrogens is 2. The zero-order valence-corrected chi connectivity index (χ0v) is 22.3. The summed E-state index contributed by atoms with van der Waals surface area (Å²) in [6.45, 7) is 0. The van der Waals surface area contributed by atoms with Gasteiger partial charge >= 0.3 is 5.95 Å². The third-order valence-corrected chi connectivity index (χ3v) is 10.3. The van der Waals surface area contributed by atoms with Gasteiger partial charge in [0.2, 0.25) is 0 Å². The number of azo groups is 1. The Kier molecular flexibility index (Phi) is 9.68. The van der Waals surface area contributed by atoms with Crippen molar-refractivity contribution >= 4 is 39.0 Å². The highest BCUT2D eigenvalue weighted by atomic mass is 33.1. The van der Waals surface area contributed by atoms with Gasteiger partial charge in [-0.1, -0.05) is 45.3 Å². The first kappa shape index (κ1) is 25.5. The summed E-state index contributed by atoms with van der Waals surface area (Å²) in [6, 6.07) is 8.52. The Hall–Kier alpha value is -1.60. The fraction of sp³-hybridized carbons (Fsp3) is 0.630. The van der Waals surface area contributed by atoms with E-state index in [1.165, 1.54) is 56.3 Å². The number of carbonyl (C=O) groups excluding carboxylic acids is 1. The van der Waals surface area contributed by atoms with Crippen LogP contribution in [0.2, 0.25) is 0 Å². The minimum Gasteiger partial charge on any atom is -0.300 e. The van der Waals surface area contributed by atoms with Gasteiger partial charge in [-0.05, 0) is 80.9 Å². The summed E-state index contributed by atoms with van der Waals surface area (Å²) in [5.41, 5.74) is 2.26. The molecule has 0 spiro atoms. The van der Waals surface area contributed by atoms with Crippen molar-refractivity contribution in [3.05, 3.63) is 42.2 Å². The maximum Gasteiger partial charge on any atom is 0.421 e. The molecule has 34 heavy (non-hydrogen) atoms. The van der Waals surface area contributed by atoms with E-state index in [0.29, 0.717) is 11.7 Å². The molecule has 1 atom stereocenters. The van der Waals surface area contributed by atoms with Gasteiger partial charge in [0.25, 0.3) is 0 Å². The molecule has 0 N–H and O–H groups in total. The molecule has 2 heterocycles. The Morgan fingerprint density at radius 3 is 2.50 bits per heavy atom. The fourth-order valence-electron chi connectivity index (χ4n) is 5.18. The van der Waals surface area contributed by atoms with Crippen LogP contribution >= 0.6 is 21.6 Å². The summed E-state index contributed by atoms with van der Waals surface area (Å²) in [5, 5.41) is 9.61. The van der Waals surface area contributed by atoms with Gasteiger partial charge in [-0.3, -0.25) is 4.79 Å². The molecule has 0 radical (unpaired) electrons. The molecule has 1 aliphatic heterocycles. The molecule has 0 amide bonds. The van der Waals surface area contributed by atoms with E-state index in [2.05, 4.69) is 45.3 Å². The number of nitrogens with zero attached hydrogens (tertiary/aromatic N) is 4. The number of hydrogen-bond donors (Lipinski definition) is 0. The Balaban J connectivity index is 1.13. The lowest BCUT2D eigenvalue weighted by molar-refractivity contribution is -0.657. The number of Topliss-reactive ketones (excluding diaryl/α,β-unsaturated/α-hetero) is 1. The molecule has 1 aliphatic carbocycles. The second kappa shape index (κ2) is 12.9. The molecule has 1 aromatic carbocycles. The van der Waals surface area contributed by atoms with Crippen LogP contribution in [0.25, 0.3) is 0 Å². The molecule has 2 aliphatic rings. The lowest BCUT2D eigenvalue weighted by Crippen LogP contribution is -2.25. The maximum absolute atomic E-state index is 12.4. The number of ketones is 1. The summed E-state index contributed by atoms with van der Waals surface area (Å²) >= 11 is 0. The third-order valence-electron chi connectivity index (χ3n) is 7.30. The van der Waals surface area contributed by atoms with Crippen LogP contribution in [0.1, 0.15) is 69.8 Å². The topological polar surface area (TPSA) is 50.6 Å². The zero-order chi connectivity index (χ0) is 23.8. The van der Waals surface area contributed by atoms with Crippen LogP contribution in [0, 0.1) is 11.8 Å². The molecule has 5 nitrogen and oxygen atoms in total. The zero-order valence-electron chi connectivity index (χ0n) is 20.7. The van der Waals surface area contributed by atoms with Crippen molar-refractivity contribution in [1.29, 1.82) is 0 Å². The summed E-state index contributed by atoms with van der Waals surface area (Å²) in [7, 11) is 8.01. The molecule has 1 aromatic heterocycles. The lowest BCUT2D eigenvalue weighted by atomic mass is 9.77. The van der Waals surface area contributed by atoms with Crippen LogP contribution in [-0.4, -0.2) is 21.4 Å². The maximum atomic E-state index is 12.4. The largest absolute Gasteiger partial charge is 0.421 e. The van der Waals surface area contributed by atoms with Crippen LogP contribution in [0.5, 0.6) is 0 Å². The highest BCUT2D eigenvalue weighted by molar-refractivity contribution is 8.77. The highest BCUT2D eigenvalue weighted by Crippen LogP contribution is 2.40. The van der Waals surface area contributed by atoms with Gasteiger partial charge in [-0.2, -0.15) is 0 Å². The molecule has 2 fully saturated rings. The number of hydrogen-bond acceptors (Lipinski definition) is 5. The first-order valence-corrected chi connectivity index (χ1v) is 15.3. The summed E-state index contributed by atoms with van der Waals surface area (Å²) < 4.78 is 3.91. The molecular formula is C27H39N4OS2+. The minimum atomic E-state index is 0.505. The third kappa shape index (κ3) is 7.70. The monoisotopic (exact) mass is 499 g/mol. The first-order chi connectivity index (χ1) is 16.6. The van der Waals surface area contributed by atoms with E-state index in [-0.39, 0.29) is 0 Å². The molecular weight excluding hydrogens is 460 g/mol. The van der Waals surface area contributed by atoms with Crippen molar-refractivity contribution in [1.82, 2.24) is 4.57 Å². The van der Waals surface area contributed by atoms with Crippen LogP contribution in [0.15, 0.2) is 46.9 Å². The van der Waals surface area contributed by atoms with Gasteiger partial charge in [0.15, 0.2) is 0 Å². The Morgan fingerprint density at radius 2 is 1.82 bits per heavy atom. The van der Waals surface area contributed by atoms with Crippen molar-refractivity contribution in [2.75, 3.05) is 5.75 Å². The standard InChI is InChI=1S/C27H39N4OS2/c1-30-16-17-31(2)27(30)29-28-24-13-11-22(12-14-24)19-21-7-9-23(10-8-21)20-25(32)5-3-4-6-26-15-18-33-34-26/h11-14,16-17,21,23,26H,3-10,15,18-20H2,1-2H3/q+1. The van der Waals surface area contributed by atoms with Crippen molar-refractivity contribution < 1.29 is 9.36 Å². The van der Waals surface area contributed by atoms with Crippen molar-refractivity contribution in [2.45, 2.75) is 75.9 Å². The van der Waals surface area contributed by atoms with E-state index < -0.39 is 0 Å². The van der Waals surface area contributed by atoms with Crippen LogP contribution in [0.3, 0.4) is 0 Å². The van der Waals surface area contributed by atoms with Crippen molar-refractivity contribution in [3.63, 3.8) is 0 Å². The predicted octanol–water partition coefficient (Wildman–Crippen LogP) is 7.29. The van der Waals surface area contributed by atoms with Gasteiger partial charge in [-0.25, -0.2) is 9.13 Å². The Labute approximate surface area is 212 Å². The van der Waals surface area contributed by atoms with Crippen LogP contribution < -0.4 is 4.57 Å². The van der Waals surface area contributed by atoms with Gasteiger partial charge in [0.1, 0.15) is 11.5 Å². The molecule has 4 rings (SSSR count). The quantitative estimate of drug-likeness (QED) is 0.141. The molecule has 7 heteroatoms. The average molecular weight is 500 g/mol. The second-order valence-electron chi connectivity index (χ2n) is 10.1. The van der Waals surface area contributed by atoms with Crippen LogP contribution in [0.4, 0.5) is 11.6 Å². The van der Waals surface area contributed by atoms with E-state index in [0.717, 1.165) is 48.5 Å². The Morgan fingerprint density at radius 1 is 1.06 bits per heavy atom. The van der Waals surface area contributed by atoms with Gasteiger partial charge in [-0.15, -0.1) is 0 Å². The van der Waals surface area contributed by atoms with Crippen LogP contribution in [-0.2, 0) is 25.3 Å². The van der Waals surface area contributed by atoms with E-state index in [9.17, 15) is 4.79 Å². The number of aryl methyl sites for hydroxylation is 2. The summed E-state index contributed by atoms with van der Waals surface area (Å²) in [4.78, 5) is 12.4. The number of rotatable bonds is 11. The lowest BCUT2D eigenvalue weighted by Gasteiger charge is -2.28. The van der Waals surface area contributed by atoms with E-state index >= 15 is 0 Å². The predicted molar refractivity (Wildman–Crippen MR) is 143 cm³/mol. The normalized spacial score (nSPS) is 23.1. The van der Waals surface area contributed by atoms with E-state index in [1.807, 2.05) is 46.4 Å². The first-order valence-electron chi connectivity index (χ1n) is 12.9. The SMILES string of the molecule is Cn1cc[n+](C)c1N=Nc1ccc(CC2CCC(CC(=O)CCCCC3CCSS3)CC2)cc1. The van der Waals surface area contributed by atoms with Crippen molar-refractivity contribution in [3.8, 4) is 0 Å². The van der Waals surface area contributed by atoms with E-state index in [4.69, 9.17) is 0 Å². The van der Waals surface area contributed by atoms with Gasteiger partial charge < -0.3 is 0 Å². The molecule has 184 valence electrons. The number of imidazole rings is 1.